The van der Waals surface area contributed by atoms with E-state index in [0.29, 0.717) is 6.42 Å². The molecule has 0 unspecified atom stereocenters. The van der Waals surface area contributed by atoms with Crippen LogP contribution in [0.5, 0.6) is 0 Å². The van der Waals surface area contributed by atoms with Crippen molar-refractivity contribution in [1.29, 1.82) is 0 Å². The SMILES string of the molecule is C=CC(=O)N1C2CCC1(COC(=O)N[C@@H](CCc1ccccc1)B1OC(C)(C)C(C)(C)O1)CC2. The van der Waals surface area contributed by atoms with Gasteiger partial charge in [-0.1, -0.05) is 36.9 Å². The first-order valence-electron chi connectivity index (χ1n) is 12.4. The van der Waals surface area contributed by atoms with E-state index in [1.165, 1.54) is 11.6 Å². The van der Waals surface area contributed by atoms with Crippen molar-refractivity contribution in [2.24, 2.45) is 0 Å². The molecule has 1 aromatic carbocycles. The summed E-state index contributed by atoms with van der Waals surface area (Å²) < 4.78 is 18.2. The summed E-state index contributed by atoms with van der Waals surface area (Å²) in [7, 11) is -0.583. The Bertz CT molecular complexity index is 895. The monoisotopic (exact) mass is 468 g/mol. The lowest BCUT2D eigenvalue weighted by Gasteiger charge is -2.34. The van der Waals surface area contributed by atoms with Crippen LogP contribution in [-0.2, 0) is 25.3 Å². The number of benzene rings is 1. The predicted molar refractivity (Wildman–Crippen MR) is 131 cm³/mol. The highest BCUT2D eigenvalue weighted by atomic mass is 16.7. The second kappa shape index (κ2) is 9.38. The molecule has 0 aliphatic carbocycles. The highest BCUT2D eigenvalue weighted by Crippen LogP contribution is 2.46. The molecular weight excluding hydrogens is 431 g/mol. The number of aryl methyl sites for hydroxylation is 1. The van der Waals surface area contributed by atoms with Crippen molar-refractivity contribution < 1.29 is 23.6 Å². The van der Waals surface area contributed by atoms with Gasteiger partial charge in [-0.3, -0.25) is 4.79 Å². The molecule has 0 saturated carbocycles. The molecule has 3 fully saturated rings. The maximum absolute atomic E-state index is 13.0. The Morgan fingerprint density at radius 1 is 1.18 bits per heavy atom. The lowest BCUT2D eigenvalue weighted by atomic mass is 9.75. The maximum atomic E-state index is 13.0. The Morgan fingerprint density at radius 3 is 2.38 bits per heavy atom. The van der Waals surface area contributed by atoms with Gasteiger partial charge < -0.3 is 24.3 Å². The lowest BCUT2D eigenvalue weighted by molar-refractivity contribution is -0.131. The third-order valence-corrected chi connectivity index (χ3v) is 8.14. The number of nitrogens with one attached hydrogen (secondary N) is 1. The molecule has 3 aliphatic rings. The number of fused-ring (bicyclic) bond motifs is 2. The van der Waals surface area contributed by atoms with E-state index in [1.54, 1.807) is 0 Å². The third-order valence-electron chi connectivity index (χ3n) is 8.14. The van der Waals surface area contributed by atoms with Crippen LogP contribution in [0.1, 0.15) is 65.4 Å². The Balaban J connectivity index is 1.42. The van der Waals surface area contributed by atoms with E-state index in [0.717, 1.165) is 32.1 Å². The molecule has 3 aliphatic heterocycles. The van der Waals surface area contributed by atoms with Crippen LogP contribution in [0, 0.1) is 0 Å². The van der Waals surface area contributed by atoms with Crippen molar-refractivity contribution in [2.75, 3.05) is 6.61 Å². The second-order valence-corrected chi connectivity index (χ2v) is 10.8. The summed E-state index contributed by atoms with van der Waals surface area (Å²) >= 11 is 0. The summed E-state index contributed by atoms with van der Waals surface area (Å²) in [5.74, 6) is -0.459. The van der Waals surface area contributed by atoms with Gasteiger partial charge in [-0.2, -0.15) is 0 Å². The molecule has 7 nitrogen and oxygen atoms in total. The number of carbonyl (C=O) groups excluding carboxylic acids is 2. The Morgan fingerprint density at radius 2 is 1.79 bits per heavy atom. The molecule has 4 rings (SSSR count). The molecule has 8 heteroatoms. The smallest absolute Gasteiger partial charge is 0.447 e. The molecule has 0 radical (unpaired) electrons. The molecule has 1 aromatic rings. The fourth-order valence-corrected chi connectivity index (χ4v) is 5.44. The molecule has 2 amide bonds. The van der Waals surface area contributed by atoms with Gasteiger partial charge in [0, 0.05) is 6.04 Å². The van der Waals surface area contributed by atoms with E-state index in [2.05, 4.69) is 24.0 Å². The van der Waals surface area contributed by atoms with Gasteiger partial charge in [0.2, 0.25) is 5.91 Å². The highest BCUT2D eigenvalue weighted by Gasteiger charge is 2.55. The van der Waals surface area contributed by atoms with Crippen molar-refractivity contribution in [3.05, 3.63) is 48.6 Å². The quantitative estimate of drug-likeness (QED) is 0.460. The zero-order chi connectivity index (χ0) is 24.6. The molecule has 0 spiro atoms. The number of amides is 2. The van der Waals surface area contributed by atoms with Crippen LogP contribution in [0.4, 0.5) is 4.79 Å². The topological polar surface area (TPSA) is 77.1 Å². The summed E-state index contributed by atoms with van der Waals surface area (Å²) in [4.78, 5) is 27.3. The summed E-state index contributed by atoms with van der Waals surface area (Å²) in [6.07, 6.45) is 5.83. The Hall–Kier alpha value is -2.32. The number of hydrogen-bond acceptors (Lipinski definition) is 5. The van der Waals surface area contributed by atoms with Crippen molar-refractivity contribution >= 4 is 19.1 Å². The van der Waals surface area contributed by atoms with Crippen LogP contribution in [0.15, 0.2) is 43.0 Å². The molecule has 1 N–H and O–H groups in total. The molecular formula is C26H37BN2O5. The number of hydrogen-bond donors (Lipinski definition) is 1. The molecule has 2 bridgehead atoms. The first kappa shape index (κ1) is 24.8. The molecule has 3 heterocycles. The van der Waals surface area contributed by atoms with E-state index >= 15 is 0 Å². The van der Waals surface area contributed by atoms with Gasteiger partial charge in [0.15, 0.2) is 0 Å². The Labute approximate surface area is 203 Å². The summed E-state index contributed by atoms with van der Waals surface area (Å²) in [6.45, 7) is 11.8. The van der Waals surface area contributed by atoms with Crippen LogP contribution in [0.25, 0.3) is 0 Å². The van der Waals surface area contributed by atoms with E-state index in [9.17, 15) is 9.59 Å². The van der Waals surface area contributed by atoms with Gasteiger partial charge in [0.05, 0.1) is 22.7 Å². The molecule has 34 heavy (non-hydrogen) atoms. The van der Waals surface area contributed by atoms with Crippen LogP contribution in [-0.4, -0.2) is 59.3 Å². The van der Waals surface area contributed by atoms with Gasteiger partial charge in [0.1, 0.15) is 6.61 Å². The average Bonchev–Trinajstić information content (AvgIpc) is 3.42. The summed E-state index contributed by atoms with van der Waals surface area (Å²) in [5.41, 5.74) is -0.236. The number of alkyl carbamates (subject to hydrolysis) is 1. The fourth-order valence-electron chi connectivity index (χ4n) is 5.44. The molecule has 3 saturated heterocycles. The fraction of sp³-hybridized carbons (Fsp3) is 0.615. The maximum Gasteiger partial charge on any atom is 0.482 e. The van der Waals surface area contributed by atoms with Crippen LogP contribution >= 0.6 is 0 Å². The Kier molecular flexibility index (Phi) is 6.84. The van der Waals surface area contributed by atoms with Crippen LogP contribution < -0.4 is 5.32 Å². The largest absolute Gasteiger partial charge is 0.482 e. The van der Waals surface area contributed by atoms with Gasteiger partial charge in [0.25, 0.3) is 0 Å². The zero-order valence-corrected chi connectivity index (χ0v) is 20.8. The van der Waals surface area contributed by atoms with Crippen LogP contribution in [0.3, 0.4) is 0 Å². The van der Waals surface area contributed by atoms with E-state index in [4.69, 9.17) is 14.0 Å². The number of ether oxygens (including phenoxy) is 1. The molecule has 1 atom stereocenters. The third kappa shape index (κ3) is 4.75. The minimum absolute atomic E-state index is 0.0815. The molecule has 184 valence electrons. The lowest BCUT2D eigenvalue weighted by Crippen LogP contribution is -2.51. The van der Waals surface area contributed by atoms with Crippen molar-refractivity contribution in [3.8, 4) is 0 Å². The van der Waals surface area contributed by atoms with Crippen LogP contribution in [0.2, 0.25) is 0 Å². The van der Waals surface area contributed by atoms with E-state index in [1.807, 2.05) is 50.8 Å². The van der Waals surface area contributed by atoms with Crippen molar-refractivity contribution in [3.63, 3.8) is 0 Å². The highest BCUT2D eigenvalue weighted by molar-refractivity contribution is 6.48. The van der Waals surface area contributed by atoms with Crippen molar-refractivity contribution in [1.82, 2.24) is 10.2 Å². The van der Waals surface area contributed by atoms with E-state index < -0.39 is 30.0 Å². The average molecular weight is 468 g/mol. The van der Waals surface area contributed by atoms with Gasteiger partial charge in [-0.05, 0) is 77.9 Å². The first-order chi connectivity index (χ1) is 16.1. The summed E-state index contributed by atoms with van der Waals surface area (Å²) in [5, 5.41) is 3.01. The number of carbonyl (C=O) groups is 2. The zero-order valence-electron chi connectivity index (χ0n) is 20.8. The first-order valence-corrected chi connectivity index (χ1v) is 12.4. The second-order valence-electron chi connectivity index (χ2n) is 10.8. The minimum atomic E-state index is -0.583. The molecule has 0 aromatic heterocycles. The minimum Gasteiger partial charge on any atom is -0.447 e. The number of nitrogens with zero attached hydrogens (tertiary/aromatic N) is 1. The number of rotatable bonds is 8. The van der Waals surface area contributed by atoms with Gasteiger partial charge in [-0.25, -0.2) is 4.79 Å². The summed E-state index contributed by atoms with van der Waals surface area (Å²) in [6, 6.07) is 10.4. The van der Waals surface area contributed by atoms with Gasteiger partial charge >= 0.3 is 13.2 Å². The van der Waals surface area contributed by atoms with E-state index in [-0.39, 0.29) is 24.5 Å². The van der Waals surface area contributed by atoms with Crippen molar-refractivity contribution in [2.45, 2.75) is 94.9 Å². The predicted octanol–water partition coefficient (Wildman–Crippen LogP) is 4.06. The van der Waals surface area contributed by atoms with Gasteiger partial charge in [-0.15, -0.1) is 0 Å². The standard InChI is InChI=1S/C26H37BN2O5/c1-6-22(30)29-20-14-16-26(29,17-15-20)18-32-23(31)28-21(13-12-19-10-8-7-9-11-19)27-33-24(2,3)25(4,5)34-27/h6-11,20-21H,1,12-18H2,2-5H3,(H,28,31)/t20?,21-,26?/m0/s1. The normalized spacial score (nSPS) is 27.5.